The van der Waals surface area contributed by atoms with Gasteiger partial charge < -0.3 is 10.3 Å². The van der Waals surface area contributed by atoms with Crippen LogP contribution in [0.5, 0.6) is 0 Å². The first-order valence-corrected chi connectivity index (χ1v) is 9.51. The Morgan fingerprint density at radius 2 is 1.88 bits per heavy atom. The number of carbonyl (C=O) groups excluding carboxylic acids is 1. The molecule has 0 unspecified atom stereocenters. The van der Waals surface area contributed by atoms with E-state index >= 15 is 0 Å². The third-order valence-electron chi connectivity index (χ3n) is 4.12. The molecule has 2 heterocycles. The van der Waals surface area contributed by atoms with E-state index in [1.807, 2.05) is 0 Å². The van der Waals surface area contributed by atoms with E-state index in [1.54, 1.807) is 0 Å². The number of nitrogens with zero attached hydrogens (tertiary/aromatic N) is 1. The molecule has 1 fully saturated rings. The normalized spacial score (nSPS) is 15.7. The van der Waals surface area contributed by atoms with Crippen molar-refractivity contribution in [3.63, 3.8) is 0 Å². The van der Waals surface area contributed by atoms with Gasteiger partial charge in [-0.05, 0) is 31.0 Å². The lowest BCUT2D eigenvalue weighted by Crippen LogP contribution is -2.35. The summed E-state index contributed by atoms with van der Waals surface area (Å²) in [4.78, 5) is 26.8. The Kier molecular flexibility index (Phi) is 5.00. The number of rotatable bonds is 4. The van der Waals surface area contributed by atoms with Gasteiger partial charge in [-0.25, -0.2) is 8.42 Å². The zero-order chi connectivity index (χ0) is 17.9. The number of pyridine rings is 1. The zero-order valence-electron chi connectivity index (χ0n) is 13.6. The van der Waals surface area contributed by atoms with Crippen LogP contribution in [0, 0.1) is 0 Å². The van der Waals surface area contributed by atoms with Crippen molar-refractivity contribution < 1.29 is 13.2 Å². The molecule has 132 valence electrons. The standard InChI is InChI=1S/C17H19N3O4S/c21-16-7-8-18-12-15(16)19-17(22)13-5-4-6-14(11-13)25(23,24)20-9-2-1-3-10-20/h4-8,11-12H,1-3,9-10H2,(H,18,21)(H,19,22). The fourth-order valence-electron chi connectivity index (χ4n) is 2.76. The molecule has 0 saturated carbocycles. The summed E-state index contributed by atoms with van der Waals surface area (Å²) in [5, 5.41) is 2.49. The molecule has 0 radical (unpaired) electrons. The Morgan fingerprint density at radius 1 is 1.12 bits per heavy atom. The van der Waals surface area contributed by atoms with Crippen molar-refractivity contribution in [2.75, 3.05) is 18.4 Å². The molecule has 0 spiro atoms. The second-order valence-electron chi connectivity index (χ2n) is 5.87. The van der Waals surface area contributed by atoms with Crippen LogP contribution in [0.2, 0.25) is 0 Å². The highest BCUT2D eigenvalue weighted by atomic mass is 32.2. The SMILES string of the molecule is O=C(Nc1c[nH]ccc1=O)c1cccc(S(=O)(=O)N2CCCCC2)c1. The monoisotopic (exact) mass is 361 g/mol. The second-order valence-corrected chi connectivity index (χ2v) is 7.81. The Morgan fingerprint density at radius 3 is 2.60 bits per heavy atom. The van der Waals surface area contributed by atoms with Crippen LogP contribution in [-0.2, 0) is 10.0 Å². The van der Waals surface area contributed by atoms with Crippen LogP contribution in [0.4, 0.5) is 5.69 Å². The molecule has 2 N–H and O–H groups in total. The summed E-state index contributed by atoms with van der Waals surface area (Å²) in [6, 6.07) is 7.17. The van der Waals surface area contributed by atoms with Gasteiger partial charge >= 0.3 is 0 Å². The molecule has 1 aromatic heterocycles. The summed E-state index contributed by atoms with van der Waals surface area (Å²) >= 11 is 0. The summed E-state index contributed by atoms with van der Waals surface area (Å²) in [7, 11) is -3.61. The Hall–Kier alpha value is -2.45. The number of amides is 1. The number of carbonyl (C=O) groups is 1. The van der Waals surface area contributed by atoms with Gasteiger partial charge in [0.2, 0.25) is 15.5 Å². The maximum atomic E-state index is 12.7. The average molecular weight is 361 g/mol. The highest BCUT2D eigenvalue weighted by Gasteiger charge is 2.26. The van der Waals surface area contributed by atoms with E-state index in [0.717, 1.165) is 19.3 Å². The van der Waals surface area contributed by atoms with E-state index in [-0.39, 0.29) is 21.6 Å². The molecule has 1 amide bonds. The topological polar surface area (TPSA) is 99.3 Å². The van der Waals surface area contributed by atoms with Gasteiger partial charge in [0, 0.05) is 37.1 Å². The molecule has 25 heavy (non-hydrogen) atoms. The number of benzene rings is 1. The van der Waals surface area contributed by atoms with Crippen LogP contribution in [-0.4, -0.2) is 36.7 Å². The minimum atomic E-state index is -3.61. The molecular weight excluding hydrogens is 342 g/mol. The summed E-state index contributed by atoms with van der Waals surface area (Å²) in [5.41, 5.74) is -0.0395. The van der Waals surface area contributed by atoms with Gasteiger partial charge in [0.05, 0.1) is 4.90 Å². The van der Waals surface area contributed by atoms with Crippen LogP contribution in [0.25, 0.3) is 0 Å². The van der Waals surface area contributed by atoms with Crippen molar-refractivity contribution in [2.24, 2.45) is 0 Å². The molecule has 0 atom stereocenters. The molecule has 2 aromatic rings. The maximum absolute atomic E-state index is 12.7. The number of sulfonamides is 1. The lowest BCUT2D eigenvalue weighted by molar-refractivity contribution is 0.102. The number of hydrogen-bond acceptors (Lipinski definition) is 4. The lowest BCUT2D eigenvalue weighted by atomic mass is 10.2. The summed E-state index contributed by atoms with van der Waals surface area (Å²) in [5.74, 6) is -0.535. The van der Waals surface area contributed by atoms with Crippen molar-refractivity contribution >= 4 is 21.6 Å². The van der Waals surface area contributed by atoms with E-state index in [0.29, 0.717) is 13.1 Å². The van der Waals surface area contributed by atoms with E-state index in [1.165, 1.54) is 47.0 Å². The largest absolute Gasteiger partial charge is 0.366 e. The number of nitrogens with one attached hydrogen (secondary N) is 2. The van der Waals surface area contributed by atoms with Crippen molar-refractivity contribution in [3.05, 3.63) is 58.5 Å². The number of piperidine rings is 1. The van der Waals surface area contributed by atoms with Crippen molar-refractivity contribution in [2.45, 2.75) is 24.2 Å². The van der Waals surface area contributed by atoms with Crippen LogP contribution in [0.1, 0.15) is 29.6 Å². The summed E-state index contributed by atoms with van der Waals surface area (Å²) < 4.78 is 26.9. The van der Waals surface area contributed by atoms with Crippen molar-refractivity contribution in [1.29, 1.82) is 0 Å². The first-order valence-electron chi connectivity index (χ1n) is 8.07. The molecule has 1 aliphatic heterocycles. The molecule has 1 aliphatic rings. The smallest absolute Gasteiger partial charge is 0.255 e. The van der Waals surface area contributed by atoms with E-state index < -0.39 is 15.9 Å². The lowest BCUT2D eigenvalue weighted by Gasteiger charge is -2.26. The molecular formula is C17H19N3O4S. The number of hydrogen-bond donors (Lipinski definition) is 2. The predicted octanol–water partition coefficient (Wildman–Crippen LogP) is 1.80. The van der Waals surface area contributed by atoms with Gasteiger partial charge in [-0.3, -0.25) is 9.59 Å². The van der Waals surface area contributed by atoms with E-state index in [2.05, 4.69) is 10.3 Å². The second kappa shape index (κ2) is 7.20. The first kappa shape index (κ1) is 17.4. The van der Waals surface area contributed by atoms with Crippen LogP contribution >= 0.6 is 0 Å². The highest BCUT2D eigenvalue weighted by molar-refractivity contribution is 7.89. The van der Waals surface area contributed by atoms with Crippen LogP contribution in [0.3, 0.4) is 0 Å². The molecule has 1 saturated heterocycles. The minimum absolute atomic E-state index is 0.0871. The van der Waals surface area contributed by atoms with Crippen LogP contribution in [0.15, 0.2) is 52.4 Å². The quantitative estimate of drug-likeness (QED) is 0.867. The number of aromatic nitrogens is 1. The molecule has 1 aromatic carbocycles. The minimum Gasteiger partial charge on any atom is -0.366 e. The summed E-state index contributed by atoms with van der Waals surface area (Å²) in [6.07, 6.45) is 5.56. The fraction of sp³-hybridized carbons (Fsp3) is 0.294. The van der Waals surface area contributed by atoms with Gasteiger partial charge in [0.25, 0.3) is 5.91 Å². The van der Waals surface area contributed by atoms with Crippen molar-refractivity contribution in [3.8, 4) is 0 Å². The van der Waals surface area contributed by atoms with Gasteiger partial charge in [0.15, 0.2) is 0 Å². The Labute approximate surface area is 145 Å². The van der Waals surface area contributed by atoms with Gasteiger partial charge in [-0.1, -0.05) is 12.5 Å². The molecule has 0 aliphatic carbocycles. The molecule has 0 bridgehead atoms. The summed E-state index contributed by atoms with van der Waals surface area (Å²) in [6.45, 7) is 0.996. The van der Waals surface area contributed by atoms with Crippen molar-refractivity contribution in [1.82, 2.24) is 9.29 Å². The molecule has 3 rings (SSSR count). The van der Waals surface area contributed by atoms with E-state index in [4.69, 9.17) is 0 Å². The number of anilines is 1. The van der Waals surface area contributed by atoms with Crippen LogP contribution < -0.4 is 10.7 Å². The van der Waals surface area contributed by atoms with E-state index in [9.17, 15) is 18.0 Å². The predicted molar refractivity (Wildman–Crippen MR) is 94.1 cm³/mol. The molecule has 8 heteroatoms. The Bertz CT molecular complexity index is 931. The third kappa shape index (κ3) is 3.80. The highest BCUT2D eigenvalue weighted by Crippen LogP contribution is 2.21. The fourth-order valence-corrected chi connectivity index (χ4v) is 4.32. The molecule has 7 nitrogen and oxygen atoms in total. The number of H-pyrrole nitrogens is 1. The third-order valence-corrected chi connectivity index (χ3v) is 6.02. The number of aromatic amines is 1. The van der Waals surface area contributed by atoms with Gasteiger partial charge in [0.1, 0.15) is 5.69 Å². The first-order chi connectivity index (χ1) is 12.0. The average Bonchev–Trinajstić information content (AvgIpc) is 2.64. The maximum Gasteiger partial charge on any atom is 0.255 e. The van der Waals surface area contributed by atoms with Gasteiger partial charge in [-0.15, -0.1) is 0 Å². The van der Waals surface area contributed by atoms with Gasteiger partial charge in [-0.2, -0.15) is 4.31 Å². The zero-order valence-corrected chi connectivity index (χ0v) is 14.4. The Balaban J connectivity index is 1.85.